The Balaban J connectivity index is 1.52. The molecule has 1 saturated heterocycles. The van der Waals surface area contributed by atoms with Gasteiger partial charge in [-0.1, -0.05) is 18.2 Å². The van der Waals surface area contributed by atoms with Crippen LogP contribution in [0.25, 0.3) is 0 Å². The van der Waals surface area contributed by atoms with Crippen LogP contribution in [0.1, 0.15) is 33.8 Å². The highest BCUT2D eigenvalue weighted by atomic mass is 35.5. The number of piperidine rings is 1. The fourth-order valence-corrected chi connectivity index (χ4v) is 2.82. The SMILES string of the molecule is O=C(NC1CCN(C(=O)c2ccc(Cl)o2)CC1)c1ccccc1. The predicted octanol–water partition coefficient (Wildman–Crippen LogP) is 2.97. The average Bonchev–Trinajstić information content (AvgIpc) is 3.02. The maximum Gasteiger partial charge on any atom is 0.289 e. The van der Waals surface area contributed by atoms with Gasteiger partial charge in [-0.15, -0.1) is 0 Å². The first-order valence-corrected chi connectivity index (χ1v) is 7.92. The average molecular weight is 333 g/mol. The molecule has 2 aromatic rings. The number of amides is 2. The van der Waals surface area contributed by atoms with E-state index in [-0.39, 0.29) is 28.8 Å². The van der Waals surface area contributed by atoms with Gasteiger partial charge in [0, 0.05) is 24.7 Å². The number of halogens is 1. The summed E-state index contributed by atoms with van der Waals surface area (Å²) in [5.41, 5.74) is 0.649. The molecule has 2 amide bonds. The molecule has 6 heteroatoms. The first-order valence-electron chi connectivity index (χ1n) is 7.54. The van der Waals surface area contributed by atoms with Crippen molar-refractivity contribution in [3.05, 3.63) is 59.0 Å². The zero-order valence-electron chi connectivity index (χ0n) is 12.5. The molecule has 0 atom stereocenters. The van der Waals surface area contributed by atoms with Crippen molar-refractivity contribution in [3.63, 3.8) is 0 Å². The first-order chi connectivity index (χ1) is 11.1. The van der Waals surface area contributed by atoms with Gasteiger partial charge in [-0.25, -0.2) is 0 Å². The van der Waals surface area contributed by atoms with Crippen LogP contribution in [-0.2, 0) is 0 Å². The van der Waals surface area contributed by atoms with Gasteiger partial charge in [0.1, 0.15) is 0 Å². The van der Waals surface area contributed by atoms with Gasteiger partial charge in [-0.2, -0.15) is 0 Å². The summed E-state index contributed by atoms with van der Waals surface area (Å²) in [5.74, 6) is 0.0136. The van der Waals surface area contributed by atoms with E-state index in [1.807, 2.05) is 18.2 Å². The van der Waals surface area contributed by atoms with Crippen LogP contribution >= 0.6 is 11.6 Å². The van der Waals surface area contributed by atoms with Gasteiger partial charge in [0.15, 0.2) is 11.0 Å². The number of furan rings is 1. The molecular formula is C17H17ClN2O3. The lowest BCUT2D eigenvalue weighted by Crippen LogP contribution is -2.46. The third kappa shape index (κ3) is 3.74. The molecule has 0 unspecified atom stereocenters. The van der Waals surface area contributed by atoms with Gasteiger partial charge in [0.2, 0.25) is 0 Å². The lowest BCUT2D eigenvalue weighted by atomic mass is 10.0. The Bertz CT molecular complexity index is 691. The number of carbonyl (C=O) groups is 2. The maximum atomic E-state index is 12.2. The van der Waals surface area contributed by atoms with Crippen molar-refractivity contribution in [1.29, 1.82) is 0 Å². The van der Waals surface area contributed by atoms with Crippen molar-refractivity contribution in [2.24, 2.45) is 0 Å². The maximum absolute atomic E-state index is 12.2. The van der Waals surface area contributed by atoms with Crippen LogP contribution in [0.2, 0.25) is 5.22 Å². The normalized spacial score (nSPS) is 15.4. The van der Waals surface area contributed by atoms with Crippen molar-refractivity contribution in [2.75, 3.05) is 13.1 Å². The van der Waals surface area contributed by atoms with Crippen molar-refractivity contribution in [1.82, 2.24) is 10.2 Å². The van der Waals surface area contributed by atoms with Crippen LogP contribution in [0.15, 0.2) is 46.9 Å². The van der Waals surface area contributed by atoms with E-state index in [4.69, 9.17) is 16.0 Å². The standard InChI is InChI=1S/C17H17ClN2O3/c18-15-7-6-14(23-15)17(22)20-10-8-13(9-11-20)19-16(21)12-4-2-1-3-5-12/h1-7,13H,8-11H2,(H,19,21). The molecule has 1 aromatic heterocycles. The Labute approximate surface area is 139 Å². The van der Waals surface area contributed by atoms with Gasteiger partial charge >= 0.3 is 0 Å². The monoisotopic (exact) mass is 332 g/mol. The molecule has 5 nitrogen and oxygen atoms in total. The Morgan fingerprint density at radius 3 is 2.39 bits per heavy atom. The Morgan fingerprint density at radius 1 is 1.09 bits per heavy atom. The summed E-state index contributed by atoms with van der Waals surface area (Å²) < 4.78 is 5.15. The summed E-state index contributed by atoms with van der Waals surface area (Å²) in [6.45, 7) is 1.16. The second-order valence-corrected chi connectivity index (χ2v) is 5.88. The van der Waals surface area contributed by atoms with E-state index in [1.54, 1.807) is 29.2 Å². The zero-order valence-corrected chi connectivity index (χ0v) is 13.3. The third-order valence-corrected chi connectivity index (χ3v) is 4.14. The summed E-state index contributed by atoms with van der Waals surface area (Å²) in [6, 6.07) is 12.3. The van der Waals surface area contributed by atoms with Crippen molar-refractivity contribution in [2.45, 2.75) is 18.9 Å². The predicted molar refractivity (Wildman–Crippen MR) is 86.6 cm³/mol. The lowest BCUT2D eigenvalue weighted by molar-refractivity contribution is 0.0667. The molecule has 1 fully saturated rings. The van der Waals surface area contributed by atoms with Crippen LogP contribution < -0.4 is 5.32 Å². The summed E-state index contributed by atoms with van der Waals surface area (Å²) >= 11 is 5.70. The molecule has 0 radical (unpaired) electrons. The minimum absolute atomic E-state index is 0.0757. The number of nitrogens with zero attached hydrogens (tertiary/aromatic N) is 1. The molecule has 0 bridgehead atoms. The van der Waals surface area contributed by atoms with Crippen LogP contribution in [0.5, 0.6) is 0 Å². The van der Waals surface area contributed by atoms with E-state index in [9.17, 15) is 9.59 Å². The molecular weight excluding hydrogens is 316 g/mol. The van der Waals surface area contributed by atoms with Crippen molar-refractivity contribution in [3.8, 4) is 0 Å². The van der Waals surface area contributed by atoms with Crippen LogP contribution in [0.3, 0.4) is 0 Å². The van der Waals surface area contributed by atoms with E-state index in [2.05, 4.69) is 5.32 Å². The van der Waals surface area contributed by atoms with Crippen molar-refractivity contribution < 1.29 is 14.0 Å². The van der Waals surface area contributed by atoms with Gasteiger partial charge in [0.25, 0.3) is 11.8 Å². The number of hydrogen-bond acceptors (Lipinski definition) is 3. The molecule has 1 aromatic carbocycles. The fourth-order valence-electron chi connectivity index (χ4n) is 2.67. The topological polar surface area (TPSA) is 62.6 Å². The fraction of sp³-hybridized carbons (Fsp3) is 0.294. The van der Waals surface area contributed by atoms with Crippen LogP contribution in [0, 0.1) is 0 Å². The molecule has 1 N–H and O–H groups in total. The third-order valence-electron chi connectivity index (χ3n) is 3.94. The van der Waals surface area contributed by atoms with E-state index >= 15 is 0 Å². The second-order valence-electron chi connectivity index (χ2n) is 5.51. The number of carbonyl (C=O) groups excluding carboxylic acids is 2. The molecule has 1 aliphatic heterocycles. The quantitative estimate of drug-likeness (QED) is 0.940. The largest absolute Gasteiger partial charge is 0.440 e. The van der Waals surface area contributed by atoms with E-state index in [0.29, 0.717) is 18.7 Å². The Morgan fingerprint density at radius 2 is 1.78 bits per heavy atom. The van der Waals surface area contributed by atoms with Gasteiger partial charge in [-0.3, -0.25) is 9.59 Å². The van der Waals surface area contributed by atoms with E-state index in [0.717, 1.165) is 12.8 Å². The number of hydrogen-bond donors (Lipinski definition) is 1. The highest BCUT2D eigenvalue weighted by molar-refractivity contribution is 6.29. The van der Waals surface area contributed by atoms with Crippen LogP contribution in [-0.4, -0.2) is 35.8 Å². The Hall–Kier alpha value is -2.27. The lowest BCUT2D eigenvalue weighted by Gasteiger charge is -2.31. The second kappa shape index (κ2) is 6.87. The zero-order chi connectivity index (χ0) is 16.2. The molecule has 0 aliphatic carbocycles. The minimum atomic E-state index is -0.162. The summed E-state index contributed by atoms with van der Waals surface area (Å²) in [6.07, 6.45) is 1.44. The number of rotatable bonds is 3. The molecule has 0 saturated carbocycles. The molecule has 0 spiro atoms. The highest BCUT2D eigenvalue weighted by Gasteiger charge is 2.26. The summed E-state index contributed by atoms with van der Waals surface area (Å²) in [4.78, 5) is 26.1. The minimum Gasteiger partial charge on any atom is -0.440 e. The Kier molecular flexibility index (Phi) is 4.67. The number of benzene rings is 1. The van der Waals surface area contributed by atoms with Gasteiger partial charge in [0.05, 0.1) is 0 Å². The molecule has 2 heterocycles. The number of likely N-dealkylation sites (tertiary alicyclic amines) is 1. The molecule has 3 rings (SSSR count). The highest BCUT2D eigenvalue weighted by Crippen LogP contribution is 2.18. The van der Waals surface area contributed by atoms with Gasteiger partial charge < -0.3 is 14.6 Å². The molecule has 120 valence electrons. The van der Waals surface area contributed by atoms with E-state index in [1.165, 1.54) is 0 Å². The molecule has 1 aliphatic rings. The first kappa shape index (κ1) is 15.6. The summed E-state index contributed by atoms with van der Waals surface area (Å²) in [5, 5.41) is 3.22. The smallest absolute Gasteiger partial charge is 0.289 e. The van der Waals surface area contributed by atoms with Crippen molar-refractivity contribution >= 4 is 23.4 Å². The number of nitrogens with one attached hydrogen (secondary N) is 1. The molecule has 23 heavy (non-hydrogen) atoms. The van der Waals surface area contributed by atoms with E-state index < -0.39 is 0 Å². The summed E-state index contributed by atoms with van der Waals surface area (Å²) in [7, 11) is 0. The van der Waals surface area contributed by atoms with Gasteiger partial charge in [-0.05, 0) is 48.7 Å². The van der Waals surface area contributed by atoms with Crippen LogP contribution in [0.4, 0.5) is 0 Å².